The van der Waals surface area contributed by atoms with Crippen LogP contribution in [0.25, 0.3) is 10.8 Å². The van der Waals surface area contributed by atoms with Crippen LogP contribution in [0.4, 0.5) is 18.9 Å². The minimum Gasteiger partial charge on any atom is -0.506 e. The molecule has 6 nitrogen and oxygen atoms in total. The average Bonchev–Trinajstić information content (AvgIpc) is 2.61. The van der Waals surface area contributed by atoms with Crippen LogP contribution in [0.1, 0.15) is 15.9 Å². The van der Waals surface area contributed by atoms with Crippen LogP contribution in [-0.2, 0) is 16.2 Å². The molecule has 0 radical (unpaired) electrons. The number of hydrogen-bond donors (Lipinski definition) is 3. The van der Waals surface area contributed by atoms with Crippen LogP contribution in [0, 0.1) is 0 Å². The van der Waals surface area contributed by atoms with Crippen LogP contribution in [0.15, 0.2) is 59.5 Å². The number of fused-ring (bicyclic) bond motifs is 1. The number of aromatic hydroxyl groups is 1. The number of alkyl halides is 3. The lowest BCUT2D eigenvalue weighted by Gasteiger charge is -2.16. The Kier molecular flexibility index (Phi) is 4.67. The van der Waals surface area contributed by atoms with Crippen molar-refractivity contribution in [3.63, 3.8) is 0 Å². The van der Waals surface area contributed by atoms with Crippen LogP contribution in [0.3, 0.4) is 0 Å². The second-order valence-electron chi connectivity index (χ2n) is 5.77. The third-order valence-electron chi connectivity index (χ3n) is 3.97. The van der Waals surface area contributed by atoms with E-state index < -0.39 is 49.6 Å². The Morgan fingerprint density at radius 1 is 0.964 bits per heavy atom. The first kappa shape index (κ1) is 19.5. The van der Waals surface area contributed by atoms with E-state index in [0.29, 0.717) is 6.07 Å². The van der Waals surface area contributed by atoms with Gasteiger partial charge in [0.25, 0.3) is 10.0 Å². The largest absolute Gasteiger partial charge is 0.506 e. The first-order valence-corrected chi connectivity index (χ1v) is 9.18. The van der Waals surface area contributed by atoms with Gasteiger partial charge in [0.1, 0.15) is 11.3 Å². The van der Waals surface area contributed by atoms with E-state index in [2.05, 4.69) is 0 Å². The SMILES string of the molecule is O=C(O)c1cc(S(=O)(=O)Nc2ccccc2C(F)(F)F)c2ccccc2c1O. The number of para-hydroxylation sites is 1. The fourth-order valence-electron chi connectivity index (χ4n) is 2.73. The summed E-state index contributed by atoms with van der Waals surface area (Å²) in [5, 5.41) is 19.2. The Morgan fingerprint density at radius 3 is 2.14 bits per heavy atom. The van der Waals surface area contributed by atoms with E-state index in [1.165, 1.54) is 30.3 Å². The van der Waals surface area contributed by atoms with Crippen molar-refractivity contribution in [3.05, 3.63) is 65.7 Å². The Balaban J connectivity index is 2.23. The molecular formula is C18H12F3NO5S. The van der Waals surface area contributed by atoms with Crippen LogP contribution in [0.5, 0.6) is 5.75 Å². The Labute approximate surface area is 156 Å². The van der Waals surface area contributed by atoms with Gasteiger partial charge >= 0.3 is 12.1 Å². The highest BCUT2D eigenvalue weighted by atomic mass is 32.2. The van der Waals surface area contributed by atoms with Crippen molar-refractivity contribution >= 4 is 32.5 Å². The summed E-state index contributed by atoms with van der Waals surface area (Å²) in [5.41, 5.74) is -2.59. The summed E-state index contributed by atoms with van der Waals surface area (Å²) in [6.07, 6.45) is -4.80. The standard InChI is InChI=1S/C18H12F3NO5S/c19-18(20,21)13-7-3-4-8-14(13)22-28(26,27)15-9-12(17(24)25)16(23)11-6-2-1-5-10(11)15/h1-9,22-23H,(H,24,25). The molecule has 0 saturated carbocycles. The molecule has 28 heavy (non-hydrogen) atoms. The predicted octanol–water partition coefficient (Wildman–Crippen LogP) is 4.06. The molecular weight excluding hydrogens is 399 g/mol. The van der Waals surface area contributed by atoms with Crippen molar-refractivity contribution in [2.75, 3.05) is 4.72 Å². The molecule has 146 valence electrons. The van der Waals surface area contributed by atoms with Gasteiger partial charge in [-0.2, -0.15) is 13.2 Å². The normalized spacial score (nSPS) is 12.1. The van der Waals surface area contributed by atoms with Crippen molar-refractivity contribution in [1.29, 1.82) is 0 Å². The van der Waals surface area contributed by atoms with Gasteiger partial charge in [-0.15, -0.1) is 0 Å². The van der Waals surface area contributed by atoms with Gasteiger partial charge in [0.2, 0.25) is 0 Å². The predicted molar refractivity (Wildman–Crippen MR) is 94.8 cm³/mol. The molecule has 0 saturated heterocycles. The maximum atomic E-state index is 13.2. The first-order chi connectivity index (χ1) is 13.0. The molecule has 3 N–H and O–H groups in total. The summed E-state index contributed by atoms with van der Waals surface area (Å²) in [6.45, 7) is 0. The lowest BCUT2D eigenvalue weighted by atomic mass is 10.1. The van der Waals surface area contributed by atoms with E-state index >= 15 is 0 Å². The fourth-order valence-corrected chi connectivity index (χ4v) is 4.05. The minimum atomic E-state index is -4.80. The monoisotopic (exact) mass is 411 g/mol. The number of nitrogens with one attached hydrogen (secondary N) is 1. The van der Waals surface area contributed by atoms with E-state index in [1.54, 1.807) is 0 Å². The van der Waals surface area contributed by atoms with E-state index in [4.69, 9.17) is 0 Å². The molecule has 3 aromatic rings. The number of sulfonamides is 1. The Bertz CT molecular complexity index is 1190. The van der Waals surface area contributed by atoms with Crippen molar-refractivity contribution < 1.29 is 36.6 Å². The maximum absolute atomic E-state index is 13.2. The zero-order chi connectivity index (χ0) is 20.7. The third kappa shape index (κ3) is 3.46. The summed E-state index contributed by atoms with van der Waals surface area (Å²) in [5.74, 6) is -2.23. The molecule has 3 rings (SSSR count). The van der Waals surface area contributed by atoms with Gasteiger partial charge in [0, 0.05) is 10.8 Å². The molecule has 0 aromatic heterocycles. The lowest BCUT2D eigenvalue weighted by molar-refractivity contribution is -0.136. The summed E-state index contributed by atoms with van der Waals surface area (Å²) in [6, 6.07) is 10.2. The van der Waals surface area contributed by atoms with Gasteiger partial charge in [-0.1, -0.05) is 36.4 Å². The van der Waals surface area contributed by atoms with Gasteiger partial charge in [0.05, 0.1) is 16.1 Å². The number of phenols is 1. The Hall–Kier alpha value is -3.27. The Morgan fingerprint density at radius 2 is 1.54 bits per heavy atom. The number of carboxylic acid groups (broad SMARTS) is 1. The van der Waals surface area contributed by atoms with Crippen LogP contribution < -0.4 is 4.72 Å². The van der Waals surface area contributed by atoms with Crippen LogP contribution in [-0.4, -0.2) is 24.6 Å². The number of hydrogen-bond acceptors (Lipinski definition) is 4. The molecule has 0 atom stereocenters. The highest BCUT2D eigenvalue weighted by Gasteiger charge is 2.34. The number of carboxylic acids is 1. The van der Waals surface area contributed by atoms with Crippen LogP contribution in [0.2, 0.25) is 0 Å². The van der Waals surface area contributed by atoms with Gasteiger partial charge in [0.15, 0.2) is 0 Å². The molecule has 0 aliphatic carbocycles. The van der Waals surface area contributed by atoms with E-state index in [-0.39, 0.29) is 10.8 Å². The smallest absolute Gasteiger partial charge is 0.418 e. The van der Waals surface area contributed by atoms with E-state index in [1.807, 2.05) is 4.72 Å². The zero-order valence-electron chi connectivity index (χ0n) is 13.9. The number of anilines is 1. The van der Waals surface area contributed by atoms with Crippen molar-refractivity contribution in [1.82, 2.24) is 0 Å². The summed E-state index contributed by atoms with van der Waals surface area (Å²) < 4.78 is 67.0. The second kappa shape index (κ2) is 6.71. The zero-order valence-corrected chi connectivity index (χ0v) is 14.7. The maximum Gasteiger partial charge on any atom is 0.418 e. The van der Waals surface area contributed by atoms with Gasteiger partial charge < -0.3 is 10.2 Å². The molecule has 0 heterocycles. The second-order valence-corrected chi connectivity index (χ2v) is 7.42. The van der Waals surface area contributed by atoms with Crippen molar-refractivity contribution in [3.8, 4) is 5.75 Å². The third-order valence-corrected chi connectivity index (χ3v) is 5.38. The molecule has 0 unspecified atom stereocenters. The van der Waals surface area contributed by atoms with Crippen molar-refractivity contribution in [2.24, 2.45) is 0 Å². The molecule has 0 bridgehead atoms. The van der Waals surface area contributed by atoms with Gasteiger partial charge in [-0.25, -0.2) is 13.2 Å². The molecule has 3 aromatic carbocycles. The number of aromatic carboxylic acids is 1. The summed E-state index contributed by atoms with van der Waals surface area (Å²) >= 11 is 0. The number of carbonyl (C=O) groups is 1. The molecule has 0 aliphatic heterocycles. The summed E-state index contributed by atoms with van der Waals surface area (Å²) in [4.78, 5) is 10.8. The van der Waals surface area contributed by atoms with Gasteiger partial charge in [-0.05, 0) is 18.2 Å². The average molecular weight is 411 g/mol. The minimum absolute atomic E-state index is 0.0398. The molecule has 0 spiro atoms. The fraction of sp³-hybridized carbons (Fsp3) is 0.0556. The van der Waals surface area contributed by atoms with Crippen molar-refractivity contribution in [2.45, 2.75) is 11.1 Å². The van der Waals surface area contributed by atoms with E-state index in [9.17, 15) is 36.6 Å². The topological polar surface area (TPSA) is 104 Å². The summed E-state index contributed by atoms with van der Waals surface area (Å²) in [7, 11) is -4.62. The van der Waals surface area contributed by atoms with Gasteiger partial charge in [-0.3, -0.25) is 4.72 Å². The molecule has 10 heteroatoms. The number of benzene rings is 3. The highest BCUT2D eigenvalue weighted by Crippen LogP contribution is 2.38. The highest BCUT2D eigenvalue weighted by molar-refractivity contribution is 7.93. The number of rotatable bonds is 4. The van der Waals surface area contributed by atoms with E-state index in [0.717, 1.165) is 18.2 Å². The molecule has 0 aliphatic rings. The lowest BCUT2D eigenvalue weighted by Crippen LogP contribution is -2.18. The molecule has 0 fully saturated rings. The molecule has 0 amide bonds. The van der Waals surface area contributed by atoms with Crippen LogP contribution >= 0.6 is 0 Å². The first-order valence-electron chi connectivity index (χ1n) is 7.69. The number of halogens is 3. The quantitative estimate of drug-likeness (QED) is 0.601.